The molecule has 2 aliphatic rings. The number of carbonyl (C=O) groups is 1. The number of nitrogens with zero attached hydrogens (tertiary/aromatic N) is 2. The number of carbonyl (C=O) groups excluding carboxylic acids is 1. The summed E-state index contributed by atoms with van der Waals surface area (Å²) >= 11 is 0. The van der Waals surface area contributed by atoms with E-state index in [4.69, 9.17) is 0 Å². The first-order valence-electron chi connectivity index (χ1n) is 12.0. The highest BCUT2D eigenvalue weighted by Gasteiger charge is 2.34. The van der Waals surface area contributed by atoms with Crippen LogP contribution in [0.3, 0.4) is 0 Å². The van der Waals surface area contributed by atoms with E-state index < -0.39 is 9.84 Å². The van der Waals surface area contributed by atoms with E-state index in [0.29, 0.717) is 18.9 Å². The van der Waals surface area contributed by atoms with Gasteiger partial charge < -0.3 is 10.3 Å². The maximum atomic E-state index is 12.9. The Bertz CT molecular complexity index is 1210. The van der Waals surface area contributed by atoms with Gasteiger partial charge in [0.2, 0.25) is 0 Å². The van der Waals surface area contributed by atoms with Gasteiger partial charge in [0.1, 0.15) is 0 Å². The van der Waals surface area contributed by atoms with E-state index in [0.717, 1.165) is 41.8 Å². The van der Waals surface area contributed by atoms with Crippen LogP contribution in [0.25, 0.3) is 5.57 Å². The maximum Gasteiger partial charge on any atom is 0.291 e. The van der Waals surface area contributed by atoms with E-state index in [1.807, 2.05) is 19.1 Å². The summed E-state index contributed by atoms with van der Waals surface area (Å²) in [4.78, 5) is 22.3. The standard InChI is InChI=1S/C26H36N4O3S/c1-18-17-27-23(28-18)24(31)29-22-7-6-20(16-21(22)19-8-10-25(2,3)11-9-19)26(4,5)30-12-14-34(32,33)15-13-30/h6-8,16-17H,9-15H2,1-5H3,(H,27,28)(H,29,31). The van der Waals surface area contributed by atoms with Crippen molar-refractivity contribution in [3.63, 3.8) is 0 Å². The molecule has 0 bridgehead atoms. The number of hydrogen-bond donors (Lipinski definition) is 2. The van der Waals surface area contributed by atoms with Crippen molar-refractivity contribution >= 4 is 27.0 Å². The smallest absolute Gasteiger partial charge is 0.291 e. The number of rotatable bonds is 5. The number of nitrogens with one attached hydrogen (secondary N) is 2. The van der Waals surface area contributed by atoms with Crippen LogP contribution in [0.1, 0.15) is 74.4 Å². The van der Waals surface area contributed by atoms with E-state index in [1.54, 1.807) is 6.20 Å². The van der Waals surface area contributed by atoms with Gasteiger partial charge >= 0.3 is 0 Å². The Morgan fingerprint density at radius 3 is 2.50 bits per heavy atom. The molecule has 2 aromatic rings. The number of anilines is 1. The molecule has 4 rings (SSSR count). The zero-order chi connectivity index (χ0) is 24.7. The summed E-state index contributed by atoms with van der Waals surface area (Å²) in [5.74, 6) is 0.418. The fourth-order valence-corrected chi connectivity index (χ4v) is 5.99. The SMILES string of the molecule is Cc1cnc(C(=O)Nc2ccc(C(C)(C)N3CCS(=O)(=O)CC3)cc2C2=CCC(C)(C)CC2)[nH]1. The Morgan fingerprint density at radius 1 is 1.21 bits per heavy atom. The van der Waals surface area contributed by atoms with Gasteiger partial charge in [0, 0.05) is 41.8 Å². The molecule has 1 aliphatic heterocycles. The minimum Gasteiger partial charge on any atom is -0.338 e. The molecular formula is C26H36N4O3S. The van der Waals surface area contributed by atoms with Gasteiger partial charge in [-0.15, -0.1) is 0 Å². The highest BCUT2D eigenvalue weighted by molar-refractivity contribution is 7.91. The molecule has 34 heavy (non-hydrogen) atoms. The second-order valence-corrected chi connectivity index (χ2v) is 13.2. The van der Waals surface area contributed by atoms with Crippen molar-refractivity contribution < 1.29 is 13.2 Å². The fraction of sp³-hybridized carbons (Fsp3) is 0.538. The van der Waals surface area contributed by atoms with Crippen LogP contribution < -0.4 is 5.32 Å². The van der Waals surface area contributed by atoms with Crippen LogP contribution in [0.5, 0.6) is 0 Å². The van der Waals surface area contributed by atoms with Crippen LogP contribution in [0, 0.1) is 12.3 Å². The summed E-state index contributed by atoms with van der Waals surface area (Å²) in [6.07, 6.45) is 6.97. The van der Waals surface area contributed by atoms with Gasteiger partial charge in [-0.3, -0.25) is 9.69 Å². The van der Waals surface area contributed by atoms with E-state index in [-0.39, 0.29) is 28.4 Å². The van der Waals surface area contributed by atoms with Crippen molar-refractivity contribution in [1.29, 1.82) is 0 Å². The molecule has 1 aromatic heterocycles. The number of hydrogen-bond acceptors (Lipinski definition) is 5. The number of imidazole rings is 1. The van der Waals surface area contributed by atoms with Gasteiger partial charge in [-0.1, -0.05) is 26.0 Å². The predicted molar refractivity (Wildman–Crippen MR) is 137 cm³/mol. The van der Waals surface area contributed by atoms with Crippen molar-refractivity contribution in [3.8, 4) is 0 Å². The Morgan fingerprint density at radius 2 is 1.91 bits per heavy atom. The summed E-state index contributed by atoms with van der Waals surface area (Å²) in [5, 5.41) is 3.06. The van der Waals surface area contributed by atoms with Crippen LogP contribution in [-0.4, -0.2) is 53.8 Å². The topological polar surface area (TPSA) is 95.2 Å². The van der Waals surface area contributed by atoms with Gasteiger partial charge in [0.15, 0.2) is 15.7 Å². The highest BCUT2D eigenvalue weighted by Crippen LogP contribution is 2.41. The molecule has 184 valence electrons. The van der Waals surface area contributed by atoms with E-state index in [9.17, 15) is 13.2 Å². The number of amides is 1. The number of aromatic nitrogens is 2. The summed E-state index contributed by atoms with van der Waals surface area (Å²) in [7, 11) is -2.95. The molecule has 1 saturated heterocycles. The van der Waals surface area contributed by atoms with Crippen LogP contribution in [0.15, 0.2) is 30.5 Å². The normalized spacial score (nSPS) is 20.6. The number of aromatic amines is 1. The monoisotopic (exact) mass is 484 g/mol. The highest BCUT2D eigenvalue weighted by atomic mass is 32.2. The maximum absolute atomic E-state index is 12.9. The third-order valence-corrected chi connectivity index (χ3v) is 8.95. The fourth-order valence-electron chi connectivity index (χ4n) is 4.78. The van der Waals surface area contributed by atoms with Crippen molar-refractivity contribution in [2.45, 2.75) is 59.4 Å². The molecule has 1 fully saturated rings. The molecule has 1 amide bonds. The largest absolute Gasteiger partial charge is 0.338 e. The van der Waals surface area contributed by atoms with Crippen molar-refractivity contribution in [2.75, 3.05) is 29.9 Å². The molecule has 1 aliphatic carbocycles. The molecule has 2 N–H and O–H groups in total. The molecular weight excluding hydrogens is 448 g/mol. The Balaban J connectivity index is 1.68. The number of H-pyrrole nitrogens is 1. The Labute approximate surface area is 203 Å². The Kier molecular flexibility index (Phi) is 6.50. The molecule has 0 radical (unpaired) electrons. The Hall–Kier alpha value is -2.45. The van der Waals surface area contributed by atoms with Gasteiger partial charge in [0.05, 0.1) is 11.5 Å². The van der Waals surface area contributed by atoms with E-state index >= 15 is 0 Å². The van der Waals surface area contributed by atoms with Gasteiger partial charge in [-0.25, -0.2) is 13.4 Å². The lowest BCUT2D eigenvalue weighted by molar-refractivity contribution is 0.101. The minimum atomic E-state index is -2.95. The van der Waals surface area contributed by atoms with Crippen LogP contribution >= 0.6 is 0 Å². The lowest BCUT2D eigenvalue weighted by atomic mass is 9.76. The number of allylic oxidation sites excluding steroid dienone is 2. The van der Waals surface area contributed by atoms with Crippen LogP contribution in [0.4, 0.5) is 5.69 Å². The van der Waals surface area contributed by atoms with Crippen molar-refractivity contribution in [1.82, 2.24) is 14.9 Å². The first-order chi connectivity index (χ1) is 15.9. The van der Waals surface area contributed by atoms with Crippen LogP contribution in [-0.2, 0) is 15.4 Å². The molecule has 1 aromatic carbocycles. The molecule has 0 saturated carbocycles. The predicted octanol–water partition coefficient (Wildman–Crippen LogP) is 4.53. The molecule has 0 atom stereocenters. The average molecular weight is 485 g/mol. The van der Waals surface area contributed by atoms with Gasteiger partial charge in [-0.2, -0.15) is 0 Å². The summed E-state index contributed by atoms with van der Waals surface area (Å²) < 4.78 is 23.9. The molecule has 0 unspecified atom stereocenters. The van der Waals surface area contributed by atoms with Gasteiger partial charge in [-0.05, 0) is 68.7 Å². The third-order valence-electron chi connectivity index (χ3n) is 7.35. The third kappa shape index (κ3) is 5.28. The summed E-state index contributed by atoms with van der Waals surface area (Å²) in [6, 6.07) is 6.20. The quantitative estimate of drug-likeness (QED) is 0.650. The molecule has 8 heteroatoms. The summed E-state index contributed by atoms with van der Waals surface area (Å²) in [6.45, 7) is 11.8. The van der Waals surface area contributed by atoms with Crippen LogP contribution in [0.2, 0.25) is 0 Å². The summed E-state index contributed by atoms with van der Waals surface area (Å²) in [5.41, 5.74) is 4.93. The lowest BCUT2D eigenvalue weighted by Crippen LogP contribution is -2.49. The lowest BCUT2D eigenvalue weighted by Gasteiger charge is -2.41. The van der Waals surface area contributed by atoms with Crippen molar-refractivity contribution in [2.24, 2.45) is 5.41 Å². The number of aryl methyl sites for hydroxylation is 1. The van der Waals surface area contributed by atoms with Gasteiger partial charge in [0.25, 0.3) is 5.91 Å². The molecule has 0 spiro atoms. The second kappa shape index (κ2) is 8.96. The van der Waals surface area contributed by atoms with E-state index in [2.05, 4.69) is 60.0 Å². The average Bonchev–Trinajstić information content (AvgIpc) is 3.20. The van der Waals surface area contributed by atoms with E-state index in [1.165, 1.54) is 5.57 Å². The molecule has 2 heterocycles. The number of sulfone groups is 1. The zero-order valence-corrected chi connectivity index (χ0v) is 21.7. The minimum absolute atomic E-state index is 0.195. The molecule has 7 nitrogen and oxygen atoms in total. The van der Waals surface area contributed by atoms with Crippen molar-refractivity contribution in [3.05, 3.63) is 53.1 Å². The zero-order valence-electron chi connectivity index (χ0n) is 20.9. The first kappa shape index (κ1) is 24.7. The first-order valence-corrected chi connectivity index (χ1v) is 13.8. The second-order valence-electron chi connectivity index (χ2n) is 10.9. The number of benzene rings is 1.